The number of hydrogen-bond donors (Lipinski definition) is 2. The molecule has 0 aliphatic carbocycles. The molecule has 0 unspecified atom stereocenters. The molecule has 1 saturated heterocycles. The minimum absolute atomic E-state index is 0.301. The molecule has 188 valence electrons. The zero-order valence-electron chi connectivity index (χ0n) is 20.3. The van der Waals surface area contributed by atoms with Gasteiger partial charge in [0.05, 0.1) is 23.8 Å². The lowest BCUT2D eigenvalue weighted by Gasteiger charge is -2.33. The highest BCUT2D eigenvalue weighted by Crippen LogP contribution is 2.37. The number of ether oxygens (including phenoxy) is 2. The number of phenolic OH excluding ortho intramolecular Hbond substituents is 1. The van der Waals surface area contributed by atoms with Crippen LogP contribution in [0, 0.1) is 0 Å². The highest BCUT2D eigenvalue weighted by atomic mass is 35.5. The molecule has 0 saturated carbocycles. The first-order valence-corrected chi connectivity index (χ1v) is 13.1. The van der Waals surface area contributed by atoms with Gasteiger partial charge < -0.3 is 19.9 Å². The summed E-state index contributed by atoms with van der Waals surface area (Å²) in [7, 11) is 3.38. The first-order chi connectivity index (χ1) is 17.5. The van der Waals surface area contributed by atoms with Crippen molar-refractivity contribution in [2.45, 2.75) is 6.54 Å². The minimum Gasteiger partial charge on any atom is -0.508 e. The fourth-order valence-corrected chi connectivity index (χ4v) is 5.32. The summed E-state index contributed by atoms with van der Waals surface area (Å²) in [6, 6.07) is 17.2. The van der Waals surface area contributed by atoms with Gasteiger partial charge in [-0.3, -0.25) is 4.90 Å². The van der Waals surface area contributed by atoms with Gasteiger partial charge in [-0.25, -0.2) is 9.29 Å². The Hall–Kier alpha value is -2.75. The van der Waals surface area contributed by atoms with Crippen molar-refractivity contribution in [2.75, 3.05) is 51.7 Å². The lowest BCUT2D eigenvalue weighted by Crippen LogP contribution is -2.43. The SMILES string of the molecule is COCSN1CCN(Cc2cc(Nc3c4ccc(Cl)cc4nc4ccc(OC)cc34)ccc2O)CC1. The lowest BCUT2D eigenvalue weighted by molar-refractivity contribution is 0.184. The van der Waals surface area contributed by atoms with Crippen LogP contribution in [0.5, 0.6) is 11.5 Å². The van der Waals surface area contributed by atoms with Crippen molar-refractivity contribution in [1.82, 2.24) is 14.2 Å². The molecule has 1 fully saturated rings. The number of aromatic nitrogens is 1. The van der Waals surface area contributed by atoms with Crippen LogP contribution in [0.3, 0.4) is 0 Å². The van der Waals surface area contributed by atoms with Gasteiger partial charge in [-0.1, -0.05) is 23.5 Å². The van der Waals surface area contributed by atoms with Crippen LogP contribution in [0.1, 0.15) is 5.56 Å². The van der Waals surface area contributed by atoms with Gasteiger partial charge in [0.1, 0.15) is 17.4 Å². The molecule has 0 atom stereocenters. The largest absolute Gasteiger partial charge is 0.508 e. The second-order valence-electron chi connectivity index (χ2n) is 8.74. The molecule has 5 rings (SSSR count). The molecule has 7 nitrogen and oxygen atoms in total. The third kappa shape index (κ3) is 5.48. The van der Waals surface area contributed by atoms with Gasteiger partial charge in [0.25, 0.3) is 0 Å². The van der Waals surface area contributed by atoms with Gasteiger partial charge in [0.2, 0.25) is 0 Å². The Labute approximate surface area is 220 Å². The molecule has 9 heteroatoms. The highest BCUT2D eigenvalue weighted by Gasteiger charge is 2.19. The van der Waals surface area contributed by atoms with E-state index in [1.54, 1.807) is 32.2 Å². The number of methoxy groups -OCH3 is 2. The molecule has 1 aliphatic rings. The van der Waals surface area contributed by atoms with Crippen LogP contribution in [0.15, 0.2) is 54.6 Å². The van der Waals surface area contributed by atoms with Gasteiger partial charge in [0, 0.05) is 66.9 Å². The van der Waals surface area contributed by atoms with Crippen LogP contribution in [-0.2, 0) is 11.3 Å². The van der Waals surface area contributed by atoms with E-state index in [4.69, 9.17) is 26.1 Å². The molecule has 1 aliphatic heterocycles. The summed E-state index contributed by atoms with van der Waals surface area (Å²) in [5.41, 5.74) is 4.36. The van der Waals surface area contributed by atoms with Crippen LogP contribution in [0.2, 0.25) is 5.02 Å². The maximum absolute atomic E-state index is 10.6. The van der Waals surface area contributed by atoms with Crippen LogP contribution in [0.4, 0.5) is 11.4 Å². The Morgan fingerprint density at radius 1 is 0.972 bits per heavy atom. The molecular weight excluding hydrogens is 496 g/mol. The van der Waals surface area contributed by atoms with Crippen molar-refractivity contribution in [2.24, 2.45) is 0 Å². The van der Waals surface area contributed by atoms with E-state index in [2.05, 4.69) is 14.5 Å². The van der Waals surface area contributed by atoms with E-state index in [1.165, 1.54) is 0 Å². The van der Waals surface area contributed by atoms with Gasteiger partial charge in [0.15, 0.2) is 0 Å². The smallest absolute Gasteiger partial charge is 0.120 e. The Morgan fingerprint density at radius 3 is 2.58 bits per heavy atom. The predicted octanol–water partition coefficient (Wildman–Crippen LogP) is 5.87. The molecule has 0 bridgehead atoms. The van der Waals surface area contributed by atoms with Crippen molar-refractivity contribution >= 4 is 56.7 Å². The highest BCUT2D eigenvalue weighted by molar-refractivity contribution is 7.96. The van der Waals surface area contributed by atoms with Crippen LogP contribution < -0.4 is 10.1 Å². The number of hydrogen-bond acceptors (Lipinski definition) is 8. The summed E-state index contributed by atoms with van der Waals surface area (Å²) in [5.74, 6) is 1.73. The van der Waals surface area contributed by atoms with E-state index >= 15 is 0 Å². The molecule has 0 amide bonds. The van der Waals surface area contributed by atoms with Crippen molar-refractivity contribution in [3.8, 4) is 11.5 Å². The molecule has 3 aromatic carbocycles. The van der Waals surface area contributed by atoms with Crippen molar-refractivity contribution in [3.63, 3.8) is 0 Å². The van der Waals surface area contributed by atoms with Crippen molar-refractivity contribution < 1.29 is 14.6 Å². The second kappa shape index (κ2) is 11.1. The van der Waals surface area contributed by atoms with Gasteiger partial charge >= 0.3 is 0 Å². The first kappa shape index (κ1) is 24.9. The van der Waals surface area contributed by atoms with Gasteiger partial charge in [-0.2, -0.15) is 0 Å². The van der Waals surface area contributed by atoms with Crippen molar-refractivity contribution in [3.05, 3.63) is 65.2 Å². The fraction of sp³-hybridized carbons (Fsp3) is 0.296. The molecule has 0 radical (unpaired) electrons. The molecule has 4 aromatic rings. The number of piperazine rings is 1. The Morgan fingerprint density at radius 2 is 1.81 bits per heavy atom. The number of rotatable bonds is 8. The van der Waals surface area contributed by atoms with Gasteiger partial charge in [-0.15, -0.1) is 0 Å². The van der Waals surface area contributed by atoms with E-state index in [-0.39, 0.29) is 0 Å². The first-order valence-electron chi connectivity index (χ1n) is 11.8. The van der Waals surface area contributed by atoms with E-state index in [0.29, 0.717) is 23.3 Å². The second-order valence-corrected chi connectivity index (χ2v) is 10.2. The van der Waals surface area contributed by atoms with E-state index in [9.17, 15) is 5.11 Å². The van der Waals surface area contributed by atoms with Crippen molar-refractivity contribution in [1.29, 1.82) is 0 Å². The fourth-order valence-electron chi connectivity index (χ4n) is 4.48. The summed E-state index contributed by atoms with van der Waals surface area (Å²) in [6.07, 6.45) is 0. The molecular formula is C27H29ClN4O3S. The van der Waals surface area contributed by atoms with Crippen LogP contribution in [-0.4, -0.2) is 65.6 Å². The maximum Gasteiger partial charge on any atom is 0.120 e. The monoisotopic (exact) mass is 524 g/mol. The zero-order valence-corrected chi connectivity index (χ0v) is 21.9. The Balaban J connectivity index is 1.44. The molecule has 2 N–H and O–H groups in total. The Bertz CT molecular complexity index is 1380. The number of nitrogens with one attached hydrogen (secondary N) is 1. The summed E-state index contributed by atoms with van der Waals surface area (Å²) in [5, 5.41) is 16.8. The number of benzene rings is 3. The van der Waals surface area contributed by atoms with E-state index in [0.717, 1.165) is 70.7 Å². The number of pyridine rings is 1. The lowest BCUT2D eigenvalue weighted by atomic mass is 10.1. The predicted molar refractivity (Wildman–Crippen MR) is 149 cm³/mol. The van der Waals surface area contributed by atoms with Crippen LogP contribution >= 0.6 is 23.5 Å². The molecule has 0 spiro atoms. The average Bonchev–Trinajstić information content (AvgIpc) is 2.89. The van der Waals surface area contributed by atoms with E-state index < -0.39 is 0 Å². The molecule has 2 heterocycles. The molecule has 1 aromatic heterocycles. The minimum atomic E-state index is 0.301. The Kier molecular flexibility index (Phi) is 7.69. The summed E-state index contributed by atoms with van der Waals surface area (Å²) >= 11 is 7.99. The number of halogens is 1. The number of phenols is 1. The normalized spacial score (nSPS) is 15.0. The number of aromatic hydroxyl groups is 1. The standard InChI is InChI=1S/C27H29ClN4O3S/c1-34-17-36-32-11-9-31(10-12-32)16-18-13-20(4-8-26(18)33)29-27-22-6-3-19(28)14-25(22)30-24-7-5-21(35-2)15-23(24)27/h3-8,13-15,33H,9-12,16-17H2,1-2H3,(H,29,30). The summed E-state index contributed by atoms with van der Waals surface area (Å²) < 4.78 is 13.0. The summed E-state index contributed by atoms with van der Waals surface area (Å²) in [6.45, 7) is 4.49. The quantitative estimate of drug-likeness (QED) is 0.128. The van der Waals surface area contributed by atoms with E-state index in [1.807, 2.05) is 48.5 Å². The topological polar surface area (TPSA) is 70.1 Å². The maximum atomic E-state index is 10.6. The van der Waals surface area contributed by atoms with Gasteiger partial charge in [-0.05, 0) is 54.6 Å². The molecule has 36 heavy (non-hydrogen) atoms. The average molecular weight is 525 g/mol. The third-order valence-electron chi connectivity index (χ3n) is 6.37. The number of nitrogens with zero attached hydrogens (tertiary/aromatic N) is 3. The summed E-state index contributed by atoms with van der Waals surface area (Å²) in [4.78, 5) is 7.18. The number of fused-ring (bicyclic) bond motifs is 2. The zero-order chi connectivity index (χ0) is 25.1. The number of anilines is 2. The van der Waals surface area contributed by atoms with Crippen LogP contribution in [0.25, 0.3) is 21.8 Å². The third-order valence-corrected chi connectivity index (χ3v) is 7.68.